The second kappa shape index (κ2) is 7.33. The largest absolute Gasteiger partial charge is 0.321 e. The Morgan fingerprint density at radius 1 is 1.07 bits per heavy atom. The molecule has 144 valence electrons. The number of pyridine rings is 1. The van der Waals surface area contributed by atoms with Crippen molar-refractivity contribution in [1.29, 1.82) is 0 Å². The van der Waals surface area contributed by atoms with E-state index in [1.54, 1.807) is 6.07 Å². The Morgan fingerprint density at radius 2 is 1.82 bits per heavy atom. The second-order valence-corrected chi connectivity index (χ2v) is 9.03. The van der Waals surface area contributed by atoms with E-state index in [0.29, 0.717) is 5.69 Å². The highest BCUT2D eigenvalue weighted by Crippen LogP contribution is 2.31. The molecule has 1 aliphatic rings. The van der Waals surface area contributed by atoms with Crippen molar-refractivity contribution in [2.24, 2.45) is 0 Å². The number of nitrogens with zero attached hydrogens (tertiary/aromatic N) is 1. The van der Waals surface area contributed by atoms with Gasteiger partial charge in [0.2, 0.25) is 10.0 Å². The Labute approximate surface area is 171 Å². The zero-order valence-corrected chi connectivity index (χ0v) is 16.8. The number of amides is 1. The molecule has 0 unspecified atom stereocenters. The van der Waals surface area contributed by atoms with Crippen molar-refractivity contribution < 1.29 is 13.2 Å². The summed E-state index contributed by atoms with van der Waals surface area (Å²) in [6, 6.07) is 11.6. The van der Waals surface area contributed by atoms with Gasteiger partial charge in [-0.1, -0.05) is 41.4 Å². The highest BCUT2D eigenvalue weighted by atomic mass is 35.5. The average Bonchev–Trinajstić information content (AvgIpc) is 3.44. The summed E-state index contributed by atoms with van der Waals surface area (Å²) in [6.07, 6.45) is 3.09. The van der Waals surface area contributed by atoms with Crippen LogP contribution in [0.1, 0.15) is 23.2 Å². The first-order valence-electron chi connectivity index (χ1n) is 8.51. The number of para-hydroxylation sites is 1. The smallest absolute Gasteiger partial charge is 0.257 e. The minimum atomic E-state index is -3.84. The number of anilines is 1. The minimum Gasteiger partial charge on any atom is -0.321 e. The van der Waals surface area contributed by atoms with Gasteiger partial charge in [0.05, 0.1) is 33.0 Å². The van der Waals surface area contributed by atoms with Crippen molar-refractivity contribution in [2.75, 3.05) is 5.32 Å². The lowest BCUT2D eigenvalue weighted by atomic mass is 10.2. The molecule has 1 saturated carbocycles. The lowest BCUT2D eigenvalue weighted by Gasteiger charge is -2.12. The zero-order valence-electron chi connectivity index (χ0n) is 14.4. The fourth-order valence-electron chi connectivity index (χ4n) is 2.73. The number of halogens is 2. The quantitative estimate of drug-likeness (QED) is 0.627. The monoisotopic (exact) mass is 435 g/mol. The lowest BCUT2D eigenvalue weighted by Crippen LogP contribution is -2.26. The molecular weight excluding hydrogens is 421 g/mol. The summed E-state index contributed by atoms with van der Waals surface area (Å²) in [6.45, 7) is 0. The van der Waals surface area contributed by atoms with Gasteiger partial charge in [-0.05, 0) is 37.1 Å². The highest BCUT2D eigenvalue weighted by Gasteiger charge is 2.30. The van der Waals surface area contributed by atoms with Crippen molar-refractivity contribution in [3.05, 3.63) is 64.3 Å². The molecule has 1 aliphatic carbocycles. The second-order valence-electron chi connectivity index (χ2n) is 6.53. The van der Waals surface area contributed by atoms with Crippen LogP contribution in [0.4, 0.5) is 5.69 Å². The van der Waals surface area contributed by atoms with E-state index in [1.165, 1.54) is 18.3 Å². The van der Waals surface area contributed by atoms with E-state index < -0.39 is 15.9 Å². The number of fused-ring (bicyclic) bond motifs is 1. The number of rotatable bonds is 5. The average molecular weight is 436 g/mol. The molecule has 0 aliphatic heterocycles. The maximum Gasteiger partial charge on any atom is 0.257 e. The fraction of sp³-hybridized carbons (Fsp3) is 0.158. The molecule has 6 nitrogen and oxygen atoms in total. The van der Waals surface area contributed by atoms with Crippen molar-refractivity contribution in [1.82, 2.24) is 9.71 Å². The van der Waals surface area contributed by atoms with Gasteiger partial charge in [-0.25, -0.2) is 13.1 Å². The summed E-state index contributed by atoms with van der Waals surface area (Å²) in [5, 5.41) is 3.58. The van der Waals surface area contributed by atoms with Gasteiger partial charge >= 0.3 is 0 Å². The van der Waals surface area contributed by atoms with Gasteiger partial charge in [0.15, 0.2) is 0 Å². The number of sulfonamides is 1. The maximum absolute atomic E-state index is 12.7. The molecule has 0 bridgehead atoms. The van der Waals surface area contributed by atoms with Crippen LogP contribution in [0, 0.1) is 0 Å². The molecule has 3 aromatic rings. The molecule has 2 N–H and O–H groups in total. The normalized spacial score (nSPS) is 14.2. The van der Waals surface area contributed by atoms with Crippen LogP contribution >= 0.6 is 23.2 Å². The molecule has 1 fully saturated rings. The van der Waals surface area contributed by atoms with Gasteiger partial charge in [-0.2, -0.15) is 0 Å². The predicted octanol–water partition coefficient (Wildman–Crippen LogP) is 4.23. The molecule has 1 aromatic heterocycles. The maximum atomic E-state index is 12.7. The Kier molecular flexibility index (Phi) is 5.01. The van der Waals surface area contributed by atoms with E-state index in [1.807, 2.05) is 24.3 Å². The summed E-state index contributed by atoms with van der Waals surface area (Å²) in [4.78, 5) is 16.8. The van der Waals surface area contributed by atoms with E-state index in [9.17, 15) is 13.2 Å². The highest BCUT2D eigenvalue weighted by molar-refractivity contribution is 7.89. The van der Waals surface area contributed by atoms with Crippen LogP contribution < -0.4 is 10.0 Å². The Balaban J connectivity index is 1.65. The van der Waals surface area contributed by atoms with Crippen LogP contribution in [0.3, 0.4) is 0 Å². The predicted molar refractivity (Wildman–Crippen MR) is 110 cm³/mol. The van der Waals surface area contributed by atoms with Gasteiger partial charge in [0, 0.05) is 11.4 Å². The molecule has 0 radical (unpaired) electrons. The van der Waals surface area contributed by atoms with Crippen LogP contribution in [0.5, 0.6) is 0 Å². The number of hydrogen-bond donors (Lipinski definition) is 2. The van der Waals surface area contributed by atoms with Gasteiger partial charge in [0.1, 0.15) is 4.90 Å². The molecule has 9 heteroatoms. The van der Waals surface area contributed by atoms with Crippen LogP contribution in [-0.4, -0.2) is 25.4 Å². The van der Waals surface area contributed by atoms with Gasteiger partial charge in [0.25, 0.3) is 5.91 Å². The van der Waals surface area contributed by atoms with Crippen LogP contribution in [0.25, 0.3) is 10.9 Å². The summed E-state index contributed by atoms with van der Waals surface area (Å²) < 4.78 is 27.6. The van der Waals surface area contributed by atoms with Gasteiger partial charge < -0.3 is 5.32 Å². The minimum absolute atomic E-state index is 0.00963. The molecule has 2 aromatic carbocycles. The number of nitrogens with one attached hydrogen (secondary N) is 2. The number of benzene rings is 2. The molecule has 4 rings (SSSR count). The van der Waals surface area contributed by atoms with Crippen LogP contribution in [0.2, 0.25) is 10.0 Å². The fourth-order valence-corrected chi connectivity index (χ4v) is 4.89. The third-order valence-corrected chi connectivity index (χ3v) is 6.60. The standard InChI is InChI=1S/C19H15Cl2N3O3S/c20-15-9-16(21)18(28(26,27)24-12-5-6-12)8-14(15)19(25)23-13-7-11-3-1-2-4-17(11)22-10-13/h1-4,7-10,12,24H,5-6H2,(H,23,25). The number of hydrogen-bond acceptors (Lipinski definition) is 4. The van der Waals surface area contributed by atoms with Crippen molar-refractivity contribution >= 4 is 55.7 Å². The Bertz CT molecular complexity index is 1190. The molecular formula is C19H15Cl2N3O3S. The first-order chi connectivity index (χ1) is 13.3. The number of carbonyl (C=O) groups is 1. The van der Waals surface area contributed by atoms with Crippen molar-refractivity contribution in [2.45, 2.75) is 23.8 Å². The number of aromatic nitrogens is 1. The van der Waals surface area contributed by atoms with E-state index in [2.05, 4.69) is 15.0 Å². The molecule has 0 saturated heterocycles. The zero-order chi connectivity index (χ0) is 19.9. The first-order valence-corrected chi connectivity index (χ1v) is 10.7. The Morgan fingerprint density at radius 3 is 2.57 bits per heavy atom. The first kappa shape index (κ1) is 19.1. The third-order valence-electron chi connectivity index (χ3n) is 4.30. The molecule has 1 amide bonds. The summed E-state index contributed by atoms with van der Waals surface area (Å²) in [5.74, 6) is -0.554. The summed E-state index contributed by atoms with van der Waals surface area (Å²) in [7, 11) is -3.84. The molecule has 0 spiro atoms. The van der Waals surface area contributed by atoms with E-state index in [0.717, 1.165) is 23.7 Å². The van der Waals surface area contributed by atoms with Crippen molar-refractivity contribution in [3.8, 4) is 0 Å². The summed E-state index contributed by atoms with van der Waals surface area (Å²) >= 11 is 12.2. The molecule has 0 atom stereocenters. The molecule has 1 heterocycles. The van der Waals surface area contributed by atoms with E-state index in [4.69, 9.17) is 23.2 Å². The third kappa shape index (κ3) is 3.98. The van der Waals surface area contributed by atoms with Crippen LogP contribution in [-0.2, 0) is 10.0 Å². The van der Waals surface area contributed by atoms with E-state index in [-0.39, 0.29) is 26.5 Å². The number of carbonyl (C=O) groups excluding carboxylic acids is 1. The Hall–Kier alpha value is -2.19. The van der Waals surface area contributed by atoms with E-state index >= 15 is 0 Å². The SMILES string of the molecule is O=C(Nc1cnc2ccccc2c1)c1cc(S(=O)(=O)NC2CC2)c(Cl)cc1Cl. The van der Waals surface area contributed by atoms with Gasteiger partial charge in [-0.15, -0.1) is 0 Å². The van der Waals surface area contributed by atoms with Crippen LogP contribution in [0.15, 0.2) is 53.6 Å². The summed E-state index contributed by atoms with van der Waals surface area (Å²) in [5.41, 5.74) is 1.27. The topological polar surface area (TPSA) is 88.2 Å². The van der Waals surface area contributed by atoms with Crippen molar-refractivity contribution in [3.63, 3.8) is 0 Å². The molecule has 28 heavy (non-hydrogen) atoms. The lowest BCUT2D eigenvalue weighted by molar-refractivity contribution is 0.102. The van der Waals surface area contributed by atoms with Gasteiger partial charge in [-0.3, -0.25) is 9.78 Å².